The van der Waals surface area contributed by atoms with Gasteiger partial charge in [0.2, 0.25) is 5.95 Å². The number of benzene rings is 1. The summed E-state index contributed by atoms with van der Waals surface area (Å²) < 4.78 is 41.5. The van der Waals surface area contributed by atoms with Crippen molar-refractivity contribution in [3.63, 3.8) is 0 Å². The van der Waals surface area contributed by atoms with Crippen molar-refractivity contribution < 1.29 is 18.0 Å². The summed E-state index contributed by atoms with van der Waals surface area (Å²) >= 11 is 0. The summed E-state index contributed by atoms with van der Waals surface area (Å²) in [5, 5.41) is 3.48. The summed E-state index contributed by atoms with van der Waals surface area (Å²) in [6, 6.07) is 5.80. The second kappa shape index (κ2) is 7.21. The van der Waals surface area contributed by atoms with Crippen LogP contribution in [0.15, 0.2) is 24.8 Å². The van der Waals surface area contributed by atoms with Gasteiger partial charge in [-0.1, -0.05) is 30.3 Å². The van der Waals surface area contributed by atoms with Gasteiger partial charge in [-0.2, -0.15) is 9.49 Å². The molecule has 0 bridgehead atoms. The Balaban J connectivity index is 1.91. The highest BCUT2D eigenvalue weighted by Crippen LogP contribution is 2.33. The highest BCUT2D eigenvalue weighted by atomic mass is 19.3. The van der Waals surface area contributed by atoms with Crippen LogP contribution in [0.1, 0.15) is 52.0 Å². The molecule has 0 aliphatic heterocycles. The van der Waals surface area contributed by atoms with E-state index >= 15 is 0 Å². The van der Waals surface area contributed by atoms with E-state index in [4.69, 9.17) is 0 Å². The molecule has 27 heavy (non-hydrogen) atoms. The highest BCUT2D eigenvalue weighted by molar-refractivity contribution is 5.96. The minimum atomic E-state index is -3.02. The fraction of sp³-hybridized carbons (Fsp3) is 0.400. The van der Waals surface area contributed by atoms with Gasteiger partial charge in [0, 0.05) is 19.6 Å². The molecule has 0 saturated heterocycles. The molecule has 1 aliphatic carbocycles. The number of rotatable bonds is 6. The molecule has 4 nitrogen and oxygen atoms in total. The highest BCUT2D eigenvalue weighted by Gasteiger charge is 2.38. The lowest BCUT2D eigenvalue weighted by molar-refractivity contribution is 0.0747. The number of aromatic nitrogens is 2. The van der Waals surface area contributed by atoms with Crippen molar-refractivity contribution in [2.24, 2.45) is 7.05 Å². The maximum atomic E-state index is 14.3. The first-order valence-corrected chi connectivity index (χ1v) is 8.77. The summed E-state index contributed by atoms with van der Waals surface area (Å²) in [5.41, 5.74) is 2.26. The van der Waals surface area contributed by atoms with Gasteiger partial charge in [-0.3, -0.25) is 4.79 Å². The predicted molar refractivity (Wildman–Crippen MR) is 97.1 cm³/mol. The quantitative estimate of drug-likeness (QED) is 0.747. The van der Waals surface area contributed by atoms with Crippen molar-refractivity contribution in [2.45, 2.75) is 39.2 Å². The molecule has 2 aromatic rings. The lowest BCUT2D eigenvalue weighted by Gasteiger charge is -2.24. The third kappa shape index (κ3) is 3.77. The largest absolute Gasteiger partial charge is 0.331 e. The summed E-state index contributed by atoms with van der Waals surface area (Å²) in [6.45, 7) is 8.16. The Kier molecular flexibility index (Phi) is 5.13. The summed E-state index contributed by atoms with van der Waals surface area (Å²) in [7, 11) is 1.20. The molecule has 0 N–H and O–H groups in total. The number of halogens is 3. The predicted octanol–water partition coefficient (Wildman–Crippen LogP) is 4.43. The van der Waals surface area contributed by atoms with Gasteiger partial charge in [0.25, 0.3) is 12.3 Å². The minimum Gasteiger partial charge on any atom is -0.331 e. The van der Waals surface area contributed by atoms with Gasteiger partial charge >= 0.3 is 0 Å². The van der Waals surface area contributed by atoms with E-state index in [0.717, 1.165) is 29.5 Å². The topological polar surface area (TPSA) is 38.1 Å². The zero-order valence-corrected chi connectivity index (χ0v) is 15.6. The standard InChI is InChI=1S/C20H22F3N3O/c1-11-5-8-15(12(2)9-11)13(3)10-26(14-6-7-14)20(27)16-17(18(21)22)24-25(4)19(16)23/h5,8-9,14,18H,3,6-7,10H2,1-2,4H3. The van der Waals surface area contributed by atoms with Crippen molar-refractivity contribution in [1.29, 1.82) is 0 Å². The van der Waals surface area contributed by atoms with Crippen LogP contribution in [-0.2, 0) is 7.05 Å². The van der Waals surface area contributed by atoms with Crippen LogP contribution in [0.3, 0.4) is 0 Å². The third-order valence-corrected chi connectivity index (χ3v) is 4.80. The van der Waals surface area contributed by atoms with Crippen LogP contribution in [0.4, 0.5) is 13.2 Å². The molecule has 0 radical (unpaired) electrons. The van der Waals surface area contributed by atoms with Gasteiger partial charge in [0.1, 0.15) is 11.3 Å². The molecule has 1 fully saturated rings. The van der Waals surface area contributed by atoms with Crippen LogP contribution in [0.2, 0.25) is 0 Å². The molecule has 1 saturated carbocycles. The van der Waals surface area contributed by atoms with Gasteiger partial charge in [-0.25, -0.2) is 13.5 Å². The Hall–Kier alpha value is -2.57. The Morgan fingerprint density at radius 3 is 2.59 bits per heavy atom. The summed E-state index contributed by atoms with van der Waals surface area (Å²) in [5.74, 6) is -1.80. The number of alkyl halides is 2. The van der Waals surface area contributed by atoms with Gasteiger partial charge in [0.05, 0.1) is 0 Å². The van der Waals surface area contributed by atoms with Crippen molar-refractivity contribution in [3.05, 3.63) is 58.7 Å². The van der Waals surface area contributed by atoms with E-state index in [9.17, 15) is 18.0 Å². The smallest absolute Gasteiger partial charge is 0.283 e. The Morgan fingerprint density at radius 1 is 1.37 bits per heavy atom. The zero-order valence-electron chi connectivity index (χ0n) is 15.6. The number of carbonyl (C=O) groups is 1. The monoisotopic (exact) mass is 377 g/mol. The van der Waals surface area contributed by atoms with Gasteiger partial charge in [-0.15, -0.1) is 0 Å². The van der Waals surface area contributed by atoms with E-state index in [1.54, 1.807) is 0 Å². The van der Waals surface area contributed by atoms with E-state index in [1.165, 1.54) is 11.9 Å². The summed E-state index contributed by atoms with van der Waals surface area (Å²) in [4.78, 5) is 14.4. The molecular weight excluding hydrogens is 355 g/mol. The molecule has 3 rings (SSSR count). The molecule has 1 aliphatic rings. The second-order valence-corrected chi connectivity index (χ2v) is 7.06. The van der Waals surface area contributed by atoms with Crippen LogP contribution in [-0.4, -0.2) is 33.2 Å². The normalized spacial score (nSPS) is 13.9. The van der Waals surface area contributed by atoms with Crippen LogP contribution in [0.5, 0.6) is 0 Å². The molecule has 144 valence electrons. The Bertz CT molecular complexity index is 900. The van der Waals surface area contributed by atoms with E-state index in [1.807, 2.05) is 32.0 Å². The van der Waals surface area contributed by atoms with Crippen LogP contribution >= 0.6 is 0 Å². The van der Waals surface area contributed by atoms with Crippen molar-refractivity contribution in [3.8, 4) is 0 Å². The number of amides is 1. The SMILES string of the molecule is C=C(CN(C(=O)c1c(C(F)F)nn(C)c1F)C1CC1)c1ccc(C)cc1C. The summed E-state index contributed by atoms with van der Waals surface area (Å²) in [6.07, 6.45) is -1.50. The average molecular weight is 377 g/mol. The number of hydrogen-bond donors (Lipinski definition) is 0. The number of carbonyl (C=O) groups excluding carboxylic acids is 1. The van der Waals surface area contributed by atoms with Crippen LogP contribution in [0.25, 0.3) is 5.57 Å². The molecule has 1 amide bonds. The van der Waals surface area contributed by atoms with E-state index in [2.05, 4.69) is 11.7 Å². The second-order valence-electron chi connectivity index (χ2n) is 7.06. The molecule has 0 spiro atoms. The number of aryl methyl sites for hydroxylation is 3. The van der Waals surface area contributed by atoms with Crippen molar-refractivity contribution >= 4 is 11.5 Å². The van der Waals surface area contributed by atoms with Gasteiger partial charge in [0.15, 0.2) is 0 Å². The lowest BCUT2D eigenvalue weighted by atomic mass is 9.99. The maximum absolute atomic E-state index is 14.3. The Labute approximate surface area is 156 Å². The molecular formula is C20H22F3N3O. The molecule has 0 unspecified atom stereocenters. The molecule has 1 aromatic heterocycles. The maximum Gasteiger partial charge on any atom is 0.283 e. The van der Waals surface area contributed by atoms with Crippen molar-refractivity contribution in [2.75, 3.05) is 6.54 Å². The van der Waals surface area contributed by atoms with E-state index in [-0.39, 0.29) is 12.6 Å². The van der Waals surface area contributed by atoms with E-state index in [0.29, 0.717) is 10.3 Å². The van der Waals surface area contributed by atoms with Crippen molar-refractivity contribution in [1.82, 2.24) is 14.7 Å². The fourth-order valence-electron chi connectivity index (χ4n) is 3.27. The average Bonchev–Trinajstić information content (AvgIpc) is 3.38. The van der Waals surface area contributed by atoms with Crippen LogP contribution < -0.4 is 0 Å². The lowest BCUT2D eigenvalue weighted by Crippen LogP contribution is -2.35. The molecule has 7 heteroatoms. The fourth-order valence-corrected chi connectivity index (χ4v) is 3.27. The first-order valence-electron chi connectivity index (χ1n) is 8.77. The van der Waals surface area contributed by atoms with Gasteiger partial charge < -0.3 is 4.90 Å². The number of nitrogens with zero attached hydrogens (tertiary/aromatic N) is 3. The Morgan fingerprint density at radius 2 is 2.04 bits per heavy atom. The van der Waals surface area contributed by atoms with E-state index < -0.39 is 29.5 Å². The molecule has 1 heterocycles. The van der Waals surface area contributed by atoms with Gasteiger partial charge in [-0.05, 0) is 43.4 Å². The third-order valence-electron chi connectivity index (χ3n) is 4.80. The number of hydrogen-bond acceptors (Lipinski definition) is 2. The molecule has 0 atom stereocenters. The first-order chi connectivity index (χ1) is 12.7. The van der Waals surface area contributed by atoms with Crippen LogP contribution in [0, 0.1) is 19.8 Å². The first kappa shape index (κ1) is 19.2. The zero-order chi connectivity index (χ0) is 19.9. The molecule has 1 aromatic carbocycles. The minimum absolute atomic E-state index is 0.0925.